The van der Waals surface area contributed by atoms with Crippen molar-refractivity contribution in [2.75, 3.05) is 0 Å². The Morgan fingerprint density at radius 3 is 1.95 bits per heavy atom. The van der Waals surface area contributed by atoms with Crippen molar-refractivity contribution in [3.63, 3.8) is 0 Å². The summed E-state index contributed by atoms with van der Waals surface area (Å²) in [4.78, 5) is 14.3. The van der Waals surface area contributed by atoms with Gasteiger partial charge in [-0.05, 0) is 64.8 Å². The van der Waals surface area contributed by atoms with Crippen LogP contribution in [-0.4, -0.2) is 20.7 Å². The van der Waals surface area contributed by atoms with E-state index in [0.717, 1.165) is 16.6 Å². The van der Waals surface area contributed by atoms with Crippen LogP contribution in [0.1, 0.15) is 41.5 Å². The molecule has 0 atom stereocenters. The number of hydrogen-bond acceptors (Lipinski definition) is 2. The minimum absolute atomic E-state index is 0. The predicted molar refractivity (Wildman–Crippen MR) is 183 cm³/mol. The Bertz CT molecular complexity index is 1950. The van der Waals surface area contributed by atoms with Crippen LogP contribution in [0.3, 0.4) is 0 Å². The quantitative estimate of drug-likeness (QED) is 0.0643. The molecule has 3 nitrogen and oxygen atoms in total. The Morgan fingerprint density at radius 2 is 1.32 bits per heavy atom. The molecular formula is C40H39IrNO2. The minimum atomic E-state index is -0.306. The van der Waals surface area contributed by atoms with Crippen LogP contribution in [0.15, 0.2) is 121 Å². The van der Waals surface area contributed by atoms with E-state index in [1.165, 1.54) is 44.1 Å². The van der Waals surface area contributed by atoms with Gasteiger partial charge in [-0.15, -0.1) is 29.8 Å². The molecule has 0 fully saturated rings. The summed E-state index contributed by atoms with van der Waals surface area (Å²) in [7, 11) is 0. The van der Waals surface area contributed by atoms with Gasteiger partial charge in [-0.3, -0.25) is 4.79 Å². The zero-order chi connectivity index (χ0) is 30.8. The van der Waals surface area contributed by atoms with E-state index in [4.69, 9.17) is 4.98 Å². The molecular weight excluding hydrogens is 719 g/mol. The smallest absolute Gasteiger partial charge is 0.325 e. The van der Waals surface area contributed by atoms with Crippen LogP contribution in [0.2, 0.25) is 0 Å². The molecule has 0 aliphatic carbocycles. The second-order valence-corrected chi connectivity index (χ2v) is 13.0. The standard InChI is InChI=1S/C29H18N.C11H20O2.Ir/c1-3-9-24-20(6-1)8-5-11-25(24)22-12-14-23(15-13-22)29-28-17-16-21-7-2-4-10-26(21)27(28)18-19-30-29;1-10(2,3)8(12)7-9(13)11(4,5)6;/h1-14,16-19H;7,12H,1-6H3;/q-1;;/p+1/b;8-7-;. The average Bonchev–Trinajstić information content (AvgIpc) is 3.00. The van der Waals surface area contributed by atoms with Gasteiger partial charge in [-0.2, -0.15) is 0 Å². The van der Waals surface area contributed by atoms with Gasteiger partial charge in [0, 0.05) is 31.7 Å². The Morgan fingerprint density at radius 1 is 0.682 bits per heavy atom. The van der Waals surface area contributed by atoms with Crippen molar-refractivity contribution in [3.05, 3.63) is 127 Å². The molecule has 2 N–H and O–H groups in total. The van der Waals surface area contributed by atoms with Gasteiger partial charge in [0.25, 0.3) is 0 Å². The molecule has 0 amide bonds. The number of rotatable bonds is 3. The van der Waals surface area contributed by atoms with Crippen molar-refractivity contribution >= 4 is 38.1 Å². The number of ketones is 1. The van der Waals surface area contributed by atoms with Crippen molar-refractivity contribution < 1.29 is 30.0 Å². The zero-order valence-corrected chi connectivity index (χ0v) is 28.5. The maximum Gasteiger partial charge on any atom is 0.325 e. The summed E-state index contributed by atoms with van der Waals surface area (Å²) in [6, 6.07) is 39.8. The molecule has 6 rings (SSSR count). The number of benzene rings is 5. The molecule has 1 radical (unpaired) electrons. The van der Waals surface area contributed by atoms with Gasteiger partial charge in [-0.25, -0.2) is 0 Å². The van der Waals surface area contributed by atoms with Gasteiger partial charge in [0.2, 0.25) is 0 Å². The first-order valence-corrected chi connectivity index (χ1v) is 14.7. The van der Waals surface area contributed by atoms with Gasteiger partial charge < -0.3 is 10.1 Å². The molecule has 0 aliphatic rings. The second-order valence-electron chi connectivity index (χ2n) is 13.0. The number of pyridine rings is 1. The third kappa shape index (κ3) is 7.16. The first-order valence-electron chi connectivity index (χ1n) is 14.7. The molecule has 0 spiro atoms. The summed E-state index contributed by atoms with van der Waals surface area (Å²) < 4.78 is 0. The van der Waals surface area contributed by atoms with Crippen LogP contribution in [0.5, 0.6) is 0 Å². The van der Waals surface area contributed by atoms with Crippen molar-refractivity contribution in [1.82, 2.24) is 4.98 Å². The van der Waals surface area contributed by atoms with Gasteiger partial charge in [0.1, 0.15) is 5.76 Å². The van der Waals surface area contributed by atoms with Crippen LogP contribution in [-0.2, 0) is 20.1 Å². The molecule has 0 unspecified atom stereocenters. The normalized spacial score (nSPS) is 12.0. The summed E-state index contributed by atoms with van der Waals surface area (Å²) in [6.07, 6.45) is 3.34. The van der Waals surface area contributed by atoms with Gasteiger partial charge in [-0.1, -0.05) is 111 Å². The largest absolute Gasteiger partial charge is 0.511 e. The summed E-state index contributed by atoms with van der Waals surface area (Å²) in [6.45, 7) is 11.4. The Kier molecular flexibility index (Phi) is 9.88. The minimum Gasteiger partial charge on any atom is -0.511 e. The molecule has 1 aromatic heterocycles. The average molecular weight is 758 g/mol. The second kappa shape index (κ2) is 13.3. The summed E-state index contributed by atoms with van der Waals surface area (Å²) in [5, 5.41) is 17.0. The number of aliphatic hydroxyl groups is 1. The van der Waals surface area contributed by atoms with Gasteiger partial charge >= 0.3 is 5.78 Å². The first-order chi connectivity index (χ1) is 20.4. The summed E-state index contributed by atoms with van der Waals surface area (Å²) in [5.74, 6) is 0.417. The van der Waals surface area contributed by atoms with Crippen LogP contribution in [0, 0.1) is 16.9 Å². The van der Waals surface area contributed by atoms with Gasteiger partial charge in [0.15, 0.2) is 0 Å². The molecule has 4 heteroatoms. The van der Waals surface area contributed by atoms with E-state index in [2.05, 4.69) is 109 Å². The molecule has 44 heavy (non-hydrogen) atoms. The zero-order valence-electron chi connectivity index (χ0n) is 26.1. The van der Waals surface area contributed by atoms with E-state index in [-0.39, 0.29) is 42.5 Å². The van der Waals surface area contributed by atoms with Crippen molar-refractivity contribution in [3.8, 4) is 22.4 Å². The number of nitrogens with zero attached hydrogens (tertiary/aromatic N) is 1. The van der Waals surface area contributed by atoms with Crippen molar-refractivity contribution in [2.45, 2.75) is 41.5 Å². The maximum atomic E-state index is 9.60. The van der Waals surface area contributed by atoms with E-state index < -0.39 is 0 Å². The van der Waals surface area contributed by atoms with E-state index in [0.29, 0.717) is 0 Å². The summed E-state index contributed by atoms with van der Waals surface area (Å²) in [5.41, 5.74) is 3.77. The Labute approximate surface area is 274 Å². The van der Waals surface area contributed by atoms with E-state index in [9.17, 15) is 9.90 Å². The molecule has 0 saturated carbocycles. The topological polar surface area (TPSA) is 54.5 Å². The molecule has 6 aromatic rings. The summed E-state index contributed by atoms with van der Waals surface area (Å²) >= 11 is 0. The third-order valence-corrected chi connectivity index (χ3v) is 7.65. The first kappa shape index (κ1) is 32.8. The van der Waals surface area contributed by atoms with Crippen LogP contribution in [0.25, 0.3) is 54.7 Å². The number of aliphatic hydroxyl groups excluding tert-OH is 1. The fourth-order valence-electron chi connectivity index (χ4n) is 4.93. The molecule has 0 saturated heterocycles. The van der Waals surface area contributed by atoms with Crippen molar-refractivity contribution in [1.29, 1.82) is 0 Å². The number of fused-ring (bicyclic) bond motifs is 4. The monoisotopic (exact) mass is 758 g/mol. The van der Waals surface area contributed by atoms with E-state index >= 15 is 0 Å². The van der Waals surface area contributed by atoms with E-state index in [1.54, 1.807) is 0 Å². The molecule has 0 aliphatic heterocycles. The fraction of sp³-hybridized carbons (Fsp3) is 0.200. The van der Waals surface area contributed by atoms with Crippen molar-refractivity contribution in [2.24, 2.45) is 10.8 Å². The third-order valence-electron chi connectivity index (χ3n) is 7.65. The van der Waals surface area contributed by atoms with Crippen LogP contribution >= 0.6 is 0 Å². The maximum absolute atomic E-state index is 9.60. The number of aromatic nitrogens is 1. The van der Waals surface area contributed by atoms with Crippen LogP contribution in [0.4, 0.5) is 0 Å². The Hall–Kier alpha value is -4.11. The number of carbonyl (C=O) groups excluding carboxylic acids is 1. The van der Waals surface area contributed by atoms with Crippen LogP contribution < -0.4 is 0 Å². The molecule has 1 heterocycles. The van der Waals surface area contributed by atoms with Gasteiger partial charge in [0.05, 0.1) is 11.5 Å². The number of allylic oxidation sites excluding steroid dienone is 2. The fourth-order valence-corrected chi connectivity index (χ4v) is 4.93. The molecule has 5 aromatic carbocycles. The SMILES string of the molecule is CC(C)(C)C(=[OH+])/C=C(\O)C(C)(C)C.[Ir].[c-]1cc(-c2cccc3ccccc23)ccc1-c1nccc2c1ccc1ccccc12. The van der Waals surface area contributed by atoms with E-state index in [1.807, 2.05) is 47.7 Å². The number of hydrogen-bond donors (Lipinski definition) is 1. The predicted octanol–water partition coefficient (Wildman–Crippen LogP) is 10.7. The Balaban J connectivity index is 0.000000271. The molecule has 225 valence electrons. The molecule has 0 bridgehead atoms.